The van der Waals surface area contributed by atoms with Gasteiger partial charge in [-0.3, -0.25) is 4.68 Å². The summed E-state index contributed by atoms with van der Waals surface area (Å²) in [6.07, 6.45) is 0.156. The Morgan fingerprint density at radius 3 is 3.21 bits per heavy atom. The number of rotatable bonds is 4. The molecule has 3 rings (SSSR count). The smallest absolute Gasteiger partial charge is 0.0960 e. The van der Waals surface area contributed by atoms with Crippen LogP contribution in [-0.2, 0) is 23.1 Å². The lowest BCUT2D eigenvalue weighted by atomic mass is 10.2. The van der Waals surface area contributed by atoms with Crippen LogP contribution in [0.4, 0.5) is 0 Å². The van der Waals surface area contributed by atoms with Crippen LogP contribution in [0.5, 0.6) is 0 Å². The van der Waals surface area contributed by atoms with E-state index in [1.165, 1.54) is 0 Å². The normalized spacial score (nSPS) is 19.9. The van der Waals surface area contributed by atoms with Crippen molar-refractivity contribution in [2.24, 2.45) is 7.05 Å². The van der Waals surface area contributed by atoms with Crippen LogP contribution < -0.4 is 5.32 Å². The van der Waals surface area contributed by atoms with E-state index in [4.69, 9.17) is 9.47 Å². The summed E-state index contributed by atoms with van der Waals surface area (Å²) in [4.78, 5) is 0. The molecule has 1 aliphatic heterocycles. The molecule has 0 amide bonds. The quantitative estimate of drug-likeness (QED) is 0.894. The third kappa shape index (κ3) is 2.78. The van der Waals surface area contributed by atoms with Gasteiger partial charge in [-0.25, -0.2) is 0 Å². The lowest BCUT2D eigenvalue weighted by Gasteiger charge is -2.23. The first-order chi connectivity index (χ1) is 9.34. The molecule has 0 spiro atoms. The van der Waals surface area contributed by atoms with Crippen LogP contribution in [0.2, 0.25) is 0 Å². The summed E-state index contributed by atoms with van der Waals surface area (Å²) in [5, 5.41) is 8.96. The molecule has 1 aromatic carbocycles. The molecule has 102 valence electrons. The second-order valence-corrected chi connectivity index (χ2v) is 4.80. The molecule has 5 nitrogen and oxygen atoms in total. The first kappa shape index (κ1) is 12.6. The SMILES string of the molecule is Cn1nc(COCC2CNCCO2)c2ccccc21. The Balaban J connectivity index is 1.62. The van der Waals surface area contributed by atoms with E-state index in [9.17, 15) is 0 Å². The number of hydrogen-bond donors (Lipinski definition) is 1. The maximum atomic E-state index is 5.74. The van der Waals surface area contributed by atoms with E-state index in [1.54, 1.807) is 0 Å². The summed E-state index contributed by atoms with van der Waals surface area (Å²) in [7, 11) is 1.96. The van der Waals surface area contributed by atoms with Crippen molar-refractivity contribution in [2.45, 2.75) is 12.7 Å². The molecule has 1 fully saturated rings. The van der Waals surface area contributed by atoms with Gasteiger partial charge in [0.2, 0.25) is 0 Å². The number of hydrogen-bond acceptors (Lipinski definition) is 4. The monoisotopic (exact) mass is 261 g/mol. The first-order valence-electron chi connectivity index (χ1n) is 6.65. The minimum atomic E-state index is 0.156. The molecular weight excluding hydrogens is 242 g/mol. The Morgan fingerprint density at radius 1 is 1.47 bits per heavy atom. The molecule has 1 N–H and O–H groups in total. The second-order valence-electron chi connectivity index (χ2n) is 4.80. The number of fused-ring (bicyclic) bond motifs is 1. The molecule has 2 heterocycles. The molecule has 1 aromatic heterocycles. The molecule has 2 aromatic rings. The highest BCUT2D eigenvalue weighted by atomic mass is 16.5. The van der Waals surface area contributed by atoms with Crippen LogP contribution in [0, 0.1) is 0 Å². The molecule has 0 radical (unpaired) electrons. The van der Waals surface area contributed by atoms with Gasteiger partial charge in [0.15, 0.2) is 0 Å². The molecule has 1 unspecified atom stereocenters. The van der Waals surface area contributed by atoms with E-state index in [2.05, 4.69) is 22.5 Å². The highest BCUT2D eigenvalue weighted by Crippen LogP contribution is 2.18. The van der Waals surface area contributed by atoms with Crippen molar-refractivity contribution >= 4 is 10.9 Å². The van der Waals surface area contributed by atoms with Gasteiger partial charge in [-0.05, 0) is 6.07 Å². The maximum absolute atomic E-state index is 5.74. The van der Waals surface area contributed by atoms with Crippen LogP contribution in [-0.4, -0.2) is 42.2 Å². The molecule has 1 saturated heterocycles. The van der Waals surface area contributed by atoms with Crippen molar-refractivity contribution in [3.05, 3.63) is 30.0 Å². The summed E-state index contributed by atoms with van der Waals surface area (Å²) in [5.74, 6) is 0. The van der Waals surface area contributed by atoms with Gasteiger partial charge in [-0.15, -0.1) is 0 Å². The summed E-state index contributed by atoms with van der Waals surface area (Å²) >= 11 is 0. The number of benzene rings is 1. The predicted molar refractivity (Wildman–Crippen MR) is 73.0 cm³/mol. The fourth-order valence-corrected chi connectivity index (χ4v) is 2.41. The van der Waals surface area contributed by atoms with Crippen LogP contribution in [0.25, 0.3) is 10.9 Å². The summed E-state index contributed by atoms with van der Waals surface area (Å²) in [5.41, 5.74) is 2.12. The summed E-state index contributed by atoms with van der Waals surface area (Å²) < 4.78 is 13.2. The molecule has 1 aliphatic rings. The van der Waals surface area contributed by atoms with Crippen molar-refractivity contribution in [2.75, 3.05) is 26.3 Å². The zero-order valence-electron chi connectivity index (χ0n) is 11.1. The lowest BCUT2D eigenvalue weighted by Crippen LogP contribution is -2.40. The topological polar surface area (TPSA) is 48.3 Å². The fraction of sp³-hybridized carbons (Fsp3) is 0.500. The van der Waals surface area contributed by atoms with Gasteiger partial charge in [0.05, 0.1) is 37.1 Å². The van der Waals surface area contributed by atoms with Gasteiger partial charge >= 0.3 is 0 Å². The van der Waals surface area contributed by atoms with E-state index in [1.807, 2.05) is 23.9 Å². The number of nitrogens with one attached hydrogen (secondary N) is 1. The number of aryl methyl sites for hydroxylation is 1. The highest BCUT2D eigenvalue weighted by Gasteiger charge is 2.14. The largest absolute Gasteiger partial charge is 0.373 e. The Bertz CT molecular complexity index is 547. The first-order valence-corrected chi connectivity index (χ1v) is 6.65. The van der Waals surface area contributed by atoms with Gasteiger partial charge in [-0.1, -0.05) is 18.2 Å². The molecule has 5 heteroatoms. The standard InChI is InChI=1S/C14H19N3O2/c1-17-14-5-3-2-4-12(14)13(16-17)10-18-9-11-8-15-6-7-19-11/h2-5,11,15H,6-10H2,1H3. The van der Waals surface area contributed by atoms with E-state index in [0.29, 0.717) is 13.2 Å². The van der Waals surface area contributed by atoms with Crippen molar-refractivity contribution in [3.8, 4) is 0 Å². The summed E-state index contributed by atoms with van der Waals surface area (Å²) in [6, 6.07) is 8.21. The minimum Gasteiger partial charge on any atom is -0.373 e. The molecule has 0 saturated carbocycles. The Morgan fingerprint density at radius 2 is 2.37 bits per heavy atom. The maximum Gasteiger partial charge on any atom is 0.0960 e. The van der Waals surface area contributed by atoms with E-state index in [0.717, 1.165) is 36.3 Å². The Kier molecular flexibility index (Phi) is 3.77. The van der Waals surface area contributed by atoms with Gasteiger partial charge in [-0.2, -0.15) is 5.10 Å². The Hall–Kier alpha value is -1.43. The van der Waals surface area contributed by atoms with Crippen LogP contribution >= 0.6 is 0 Å². The van der Waals surface area contributed by atoms with Gasteiger partial charge < -0.3 is 14.8 Å². The van der Waals surface area contributed by atoms with Gasteiger partial charge in [0, 0.05) is 25.5 Å². The average Bonchev–Trinajstić information content (AvgIpc) is 2.78. The predicted octanol–water partition coefficient (Wildman–Crippen LogP) is 1.08. The number of para-hydroxylation sites is 1. The lowest BCUT2D eigenvalue weighted by molar-refractivity contribution is -0.0361. The van der Waals surface area contributed by atoms with Crippen LogP contribution in [0.1, 0.15) is 5.69 Å². The van der Waals surface area contributed by atoms with E-state index < -0.39 is 0 Å². The average molecular weight is 261 g/mol. The zero-order valence-corrected chi connectivity index (χ0v) is 11.1. The second kappa shape index (κ2) is 5.69. The van der Waals surface area contributed by atoms with Gasteiger partial charge in [0.25, 0.3) is 0 Å². The number of nitrogens with zero attached hydrogens (tertiary/aromatic N) is 2. The van der Waals surface area contributed by atoms with Crippen LogP contribution in [0.3, 0.4) is 0 Å². The molecule has 19 heavy (non-hydrogen) atoms. The number of ether oxygens (including phenoxy) is 2. The van der Waals surface area contributed by atoms with Crippen molar-refractivity contribution in [1.82, 2.24) is 15.1 Å². The zero-order chi connectivity index (χ0) is 13.1. The number of aromatic nitrogens is 2. The third-order valence-electron chi connectivity index (χ3n) is 3.38. The van der Waals surface area contributed by atoms with Gasteiger partial charge in [0.1, 0.15) is 0 Å². The van der Waals surface area contributed by atoms with E-state index in [-0.39, 0.29) is 6.10 Å². The molecular formula is C14H19N3O2. The van der Waals surface area contributed by atoms with Crippen LogP contribution in [0.15, 0.2) is 24.3 Å². The molecule has 1 atom stereocenters. The van der Waals surface area contributed by atoms with Crippen molar-refractivity contribution in [3.63, 3.8) is 0 Å². The number of morpholine rings is 1. The Labute approximate surface area is 112 Å². The minimum absolute atomic E-state index is 0.156. The third-order valence-corrected chi connectivity index (χ3v) is 3.38. The summed E-state index contributed by atoms with van der Waals surface area (Å²) in [6.45, 7) is 3.70. The van der Waals surface area contributed by atoms with E-state index >= 15 is 0 Å². The highest BCUT2D eigenvalue weighted by molar-refractivity contribution is 5.81. The molecule has 0 bridgehead atoms. The van der Waals surface area contributed by atoms with Crippen molar-refractivity contribution in [1.29, 1.82) is 0 Å². The molecule has 0 aliphatic carbocycles. The van der Waals surface area contributed by atoms with Crippen molar-refractivity contribution < 1.29 is 9.47 Å². The fourth-order valence-electron chi connectivity index (χ4n) is 2.41.